The van der Waals surface area contributed by atoms with E-state index in [4.69, 9.17) is 14.2 Å². The van der Waals surface area contributed by atoms with Gasteiger partial charge in [0.25, 0.3) is 0 Å². The highest BCUT2D eigenvalue weighted by Gasteiger charge is 2.16. The van der Waals surface area contributed by atoms with Crippen molar-refractivity contribution in [2.45, 2.75) is 38.3 Å². The van der Waals surface area contributed by atoms with Gasteiger partial charge >= 0.3 is 0 Å². The molecule has 116 valence electrons. The van der Waals surface area contributed by atoms with E-state index in [9.17, 15) is 0 Å². The molecule has 0 aliphatic carbocycles. The lowest BCUT2D eigenvalue weighted by Gasteiger charge is -2.23. The SMILES string of the molecule is Brc1cc(CNCCC2CCCCO2)cc2c1OCCO2. The van der Waals surface area contributed by atoms with E-state index in [1.54, 1.807) is 0 Å². The van der Waals surface area contributed by atoms with Gasteiger partial charge in [-0.2, -0.15) is 0 Å². The van der Waals surface area contributed by atoms with Crippen molar-refractivity contribution in [1.29, 1.82) is 0 Å². The summed E-state index contributed by atoms with van der Waals surface area (Å²) in [6.45, 7) is 3.98. The van der Waals surface area contributed by atoms with Crippen molar-refractivity contribution in [3.8, 4) is 11.5 Å². The van der Waals surface area contributed by atoms with Crippen LogP contribution in [0.4, 0.5) is 0 Å². The Morgan fingerprint density at radius 3 is 2.90 bits per heavy atom. The topological polar surface area (TPSA) is 39.7 Å². The first-order valence-corrected chi connectivity index (χ1v) is 8.52. The molecule has 1 fully saturated rings. The van der Waals surface area contributed by atoms with E-state index in [0.717, 1.165) is 42.1 Å². The molecule has 5 heteroatoms. The molecule has 1 aromatic rings. The molecule has 3 rings (SSSR count). The number of nitrogens with one attached hydrogen (secondary N) is 1. The van der Waals surface area contributed by atoms with E-state index < -0.39 is 0 Å². The third-order valence-corrected chi connectivity index (χ3v) is 4.49. The Hall–Kier alpha value is -0.780. The van der Waals surface area contributed by atoms with E-state index in [1.807, 2.05) is 0 Å². The van der Waals surface area contributed by atoms with Gasteiger partial charge in [-0.15, -0.1) is 0 Å². The molecule has 1 N–H and O–H groups in total. The Morgan fingerprint density at radius 1 is 1.14 bits per heavy atom. The van der Waals surface area contributed by atoms with Gasteiger partial charge < -0.3 is 19.5 Å². The lowest BCUT2D eigenvalue weighted by atomic mass is 10.1. The Morgan fingerprint density at radius 2 is 2.05 bits per heavy atom. The maximum Gasteiger partial charge on any atom is 0.175 e. The summed E-state index contributed by atoms with van der Waals surface area (Å²) < 4.78 is 18.0. The standard InChI is InChI=1S/C16H22BrNO3/c17-14-9-12(10-15-16(14)21-8-7-20-15)11-18-5-4-13-3-1-2-6-19-13/h9-10,13,18H,1-8,11H2. The van der Waals surface area contributed by atoms with Crippen molar-refractivity contribution in [3.63, 3.8) is 0 Å². The number of rotatable bonds is 5. The maximum atomic E-state index is 5.74. The summed E-state index contributed by atoms with van der Waals surface area (Å²) in [7, 11) is 0. The van der Waals surface area contributed by atoms with Gasteiger partial charge in [-0.1, -0.05) is 0 Å². The van der Waals surface area contributed by atoms with Crippen LogP contribution in [0.1, 0.15) is 31.2 Å². The van der Waals surface area contributed by atoms with Gasteiger partial charge in [-0.25, -0.2) is 0 Å². The summed E-state index contributed by atoms with van der Waals surface area (Å²) in [6, 6.07) is 4.15. The van der Waals surface area contributed by atoms with Crippen molar-refractivity contribution in [1.82, 2.24) is 5.32 Å². The molecule has 2 heterocycles. The predicted octanol–water partition coefficient (Wildman–Crippen LogP) is 3.27. The van der Waals surface area contributed by atoms with Crippen molar-refractivity contribution < 1.29 is 14.2 Å². The summed E-state index contributed by atoms with van der Waals surface area (Å²) in [6.07, 6.45) is 5.26. The normalized spacial score (nSPS) is 21.3. The van der Waals surface area contributed by atoms with Gasteiger partial charge in [0.1, 0.15) is 13.2 Å². The zero-order valence-corrected chi connectivity index (χ0v) is 13.8. The van der Waals surface area contributed by atoms with Crippen molar-refractivity contribution in [2.75, 3.05) is 26.4 Å². The lowest BCUT2D eigenvalue weighted by Crippen LogP contribution is -2.25. The Labute approximate surface area is 134 Å². The molecule has 0 saturated carbocycles. The molecule has 0 radical (unpaired) electrons. The number of halogens is 1. The van der Waals surface area contributed by atoms with Gasteiger partial charge in [-0.3, -0.25) is 0 Å². The number of fused-ring (bicyclic) bond motifs is 1. The summed E-state index contributed by atoms with van der Waals surface area (Å²) in [5, 5.41) is 3.49. The molecular weight excluding hydrogens is 334 g/mol. The van der Waals surface area contributed by atoms with Crippen LogP contribution in [-0.2, 0) is 11.3 Å². The highest BCUT2D eigenvalue weighted by atomic mass is 79.9. The summed E-state index contributed by atoms with van der Waals surface area (Å²) in [4.78, 5) is 0. The van der Waals surface area contributed by atoms with Crippen LogP contribution in [0.2, 0.25) is 0 Å². The summed E-state index contributed by atoms with van der Waals surface area (Å²) in [5.41, 5.74) is 1.20. The predicted molar refractivity (Wildman–Crippen MR) is 85.0 cm³/mol. The number of hydrogen-bond acceptors (Lipinski definition) is 4. The Balaban J connectivity index is 1.47. The third kappa shape index (κ3) is 4.11. The van der Waals surface area contributed by atoms with Crippen LogP contribution in [-0.4, -0.2) is 32.5 Å². The fraction of sp³-hybridized carbons (Fsp3) is 0.625. The molecule has 0 bridgehead atoms. The van der Waals surface area contributed by atoms with Crippen molar-refractivity contribution >= 4 is 15.9 Å². The van der Waals surface area contributed by atoms with Gasteiger partial charge in [0.15, 0.2) is 11.5 Å². The first-order chi connectivity index (χ1) is 10.3. The molecule has 1 aromatic carbocycles. The number of hydrogen-bond donors (Lipinski definition) is 1. The summed E-state index contributed by atoms with van der Waals surface area (Å²) in [5.74, 6) is 1.66. The van der Waals surface area contributed by atoms with Crippen molar-refractivity contribution in [2.24, 2.45) is 0 Å². The quantitative estimate of drug-likeness (QED) is 0.822. The van der Waals surface area contributed by atoms with Gasteiger partial charge in [0.2, 0.25) is 0 Å². The second kappa shape index (κ2) is 7.47. The van der Waals surface area contributed by atoms with Crippen LogP contribution in [0.25, 0.3) is 0 Å². The number of ether oxygens (including phenoxy) is 3. The zero-order valence-electron chi connectivity index (χ0n) is 12.2. The highest BCUT2D eigenvalue weighted by Crippen LogP contribution is 2.38. The van der Waals surface area contributed by atoms with E-state index in [-0.39, 0.29) is 0 Å². The molecule has 2 aliphatic rings. The Kier molecular flexibility index (Phi) is 5.38. The van der Waals surface area contributed by atoms with Crippen LogP contribution in [0.3, 0.4) is 0 Å². The van der Waals surface area contributed by atoms with Gasteiger partial charge in [0, 0.05) is 13.2 Å². The van der Waals surface area contributed by atoms with Crippen LogP contribution >= 0.6 is 15.9 Å². The van der Waals surface area contributed by atoms with Crippen LogP contribution in [0.5, 0.6) is 11.5 Å². The summed E-state index contributed by atoms with van der Waals surface area (Å²) >= 11 is 3.55. The highest BCUT2D eigenvalue weighted by molar-refractivity contribution is 9.10. The first kappa shape index (κ1) is 15.1. The number of benzene rings is 1. The molecular formula is C16H22BrNO3. The monoisotopic (exact) mass is 355 g/mol. The smallest absolute Gasteiger partial charge is 0.175 e. The fourth-order valence-electron chi connectivity index (χ4n) is 2.80. The molecule has 1 saturated heterocycles. The molecule has 21 heavy (non-hydrogen) atoms. The molecule has 0 spiro atoms. The molecule has 0 aromatic heterocycles. The first-order valence-electron chi connectivity index (χ1n) is 7.73. The Bertz CT molecular complexity index is 475. The van der Waals surface area contributed by atoms with Gasteiger partial charge in [-0.05, 0) is 65.9 Å². The van der Waals surface area contributed by atoms with E-state index in [1.165, 1.54) is 24.8 Å². The molecule has 1 unspecified atom stereocenters. The fourth-order valence-corrected chi connectivity index (χ4v) is 3.40. The maximum absolute atomic E-state index is 5.74. The largest absolute Gasteiger partial charge is 0.486 e. The second-order valence-corrected chi connectivity index (χ2v) is 6.41. The minimum absolute atomic E-state index is 0.443. The molecule has 0 amide bonds. The van der Waals surface area contributed by atoms with E-state index in [2.05, 4.69) is 33.4 Å². The average molecular weight is 356 g/mol. The van der Waals surface area contributed by atoms with Crippen LogP contribution in [0.15, 0.2) is 16.6 Å². The third-order valence-electron chi connectivity index (χ3n) is 3.90. The van der Waals surface area contributed by atoms with Crippen molar-refractivity contribution in [3.05, 3.63) is 22.2 Å². The van der Waals surface area contributed by atoms with E-state index >= 15 is 0 Å². The minimum Gasteiger partial charge on any atom is -0.486 e. The molecule has 2 aliphatic heterocycles. The second-order valence-electron chi connectivity index (χ2n) is 5.56. The average Bonchev–Trinajstić information content (AvgIpc) is 2.53. The minimum atomic E-state index is 0.443. The van der Waals surface area contributed by atoms with E-state index in [0.29, 0.717) is 19.3 Å². The zero-order chi connectivity index (χ0) is 14.5. The molecule has 4 nitrogen and oxygen atoms in total. The molecule has 1 atom stereocenters. The lowest BCUT2D eigenvalue weighted by molar-refractivity contribution is 0.0115. The van der Waals surface area contributed by atoms with Crippen LogP contribution < -0.4 is 14.8 Å². The van der Waals surface area contributed by atoms with Crippen LogP contribution in [0, 0.1) is 0 Å². The van der Waals surface area contributed by atoms with Gasteiger partial charge in [0.05, 0.1) is 10.6 Å².